The number of benzene rings is 1. The Kier molecular flexibility index (Phi) is 3.97. The van der Waals surface area contributed by atoms with Crippen molar-refractivity contribution in [3.63, 3.8) is 0 Å². The molecular weight excluding hydrogens is 219 g/mol. The number of aliphatic hydroxyl groups is 1. The summed E-state index contributed by atoms with van der Waals surface area (Å²) >= 11 is 0. The van der Waals surface area contributed by atoms with Crippen LogP contribution < -0.4 is 10.2 Å². The first-order valence-corrected chi connectivity index (χ1v) is 6.15. The number of halogens is 1. The number of piperazine rings is 1. The zero-order chi connectivity index (χ0) is 12.3. The number of hydrogen-bond donors (Lipinski definition) is 2. The van der Waals surface area contributed by atoms with Gasteiger partial charge in [-0.1, -0.05) is 13.0 Å². The zero-order valence-corrected chi connectivity index (χ0v) is 10.1. The Balaban J connectivity index is 2.25. The van der Waals surface area contributed by atoms with Crippen LogP contribution in [0.4, 0.5) is 10.1 Å². The highest BCUT2D eigenvalue weighted by atomic mass is 19.1. The standard InChI is InChI=1S/C13H19FN2O/c1-2-13(17)10-3-4-11(14)12(9-10)16-7-5-15-6-8-16/h3-4,9,13,15,17H,2,5-8H2,1H3/t13-/m1/s1. The predicted octanol–water partition coefficient (Wildman–Crippen LogP) is 1.68. The molecule has 94 valence electrons. The lowest BCUT2D eigenvalue weighted by atomic mass is 10.1. The van der Waals surface area contributed by atoms with Crippen LogP contribution in [0.25, 0.3) is 0 Å². The lowest BCUT2D eigenvalue weighted by Gasteiger charge is -2.30. The summed E-state index contributed by atoms with van der Waals surface area (Å²) in [4.78, 5) is 2.03. The van der Waals surface area contributed by atoms with Crippen LogP contribution in [-0.2, 0) is 0 Å². The Hall–Kier alpha value is -1.13. The summed E-state index contributed by atoms with van der Waals surface area (Å²) in [6, 6.07) is 4.88. The summed E-state index contributed by atoms with van der Waals surface area (Å²) in [5.74, 6) is -0.209. The number of nitrogens with one attached hydrogen (secondary N) is 1. The Labute approximate surface area is 101 Å². The first-order chi connectivity index (χ1) is 8.22. The molecule has 1 aromatic rings. The number of aliphatic hydroxyl groups excluding tert-OH is 1. The first-order valence-electron chi connectivity index (χ1n) is 6.15. The SMILES string of the molecule is CC[C@@H](O)c1ccc(F)c(N2CCNCC2)c1. The van der Waals surface area contributed by atoms with E-state index >= 15 is 0 Å². The lowest BCUT2D eigenvalue weighted by Crippen LogP contribution is -2.43. The lowest BCUT2D eigenvalue weighted by molar-refractivity contribution is 0.173. The molecule has 2 N–H and O–H groups in total. The average Bonchev–Trinajstić information content (AvgIpc) is 2.39. The number of hydrogen-bond acceptors (Lipinski definition) is 3. The maximum absolute atomic E-state index is 13.8. The van der Waals surface area contributed by atoms with Crippen LogP contribution in [0.2, 0.25) is 0 Å². The zero-order valence-electron chi connectivity index (χ0n) is 10.1. The summed E-state index contributed by atoms with van der Waals surface area (Å²) in [7, 11) is 0. The molecule has 4 heteroatoms. The third-order valence-electron chi connectivity index (χ3n) is 3.20. The molecule has 0 radical (unpaired) electrons. The summed E-state index contributed by atoms with van der Waals surface area (Å²) < 4.78 is 13.8. The molecule has 0 unspecified atom stereocenters. The molecule has 17 heavy (non-hydrogen) atoms. The van der Waals surface area contributed by atoms with Crippen LogP contribution in [0.15, 0.2) is 18.2 Å². The second-order valence-corrected chi connectivity index (χ2v) is 4.37. The van der Waals surface area contributed by atoms with Crippen molar-refractivity contribution in [3.8, 4) is 0 Å². The van der Waals surface area contributed by atoms with Crippen molar-refractivity contribution in [1.29, 1.82) is 0 Å². The molecule has 1 aliphatic heterocycles. The minimum Gasteiger partial charge on any atom is -0.388 e. The van der Waals surface area contributed by atoms with Gasteiger partial charge in [0.2, 0.25) is 0 Å². The molecule has 0 saturated carbocycles. The van der Waals surface area contributed by atoms with E-state index in [0.717, 1.165) is 31.7 Å². The van der Waals surface area contributed by atoms with E-state index in [1.807, 2.05) is 11.8 Å². The Morgan fingerprint density at radius 2 is 2.12 bits per heavy atom. The maximum Gasteiger partial charge on any atom is 0.146 e. The Morgan fingerprint density at radius 1 is 1.41 bits per heavy atom. The van der Waals surface area contributed by atoms with Crippen LogP contribution in [0.5, 0.6) is 0 Å². The van der Waals surface area contributed by atoms with Crippen molar-refractivity contribution >= 4 is 5.69 Å². The normalized spacial score (nSPS) is 18.2. The van der Waals surface area contributed by atoms with Gasteiger partial charge in [-0.15, -0.1) is 0 Å². The van der Waals surface area contributed by atoms with Gasteiger partial charge in [0.15, 0.2) is 0 Å². The van der Waals surface area contributed by atoms with E-state index in [1.54, 1.807) is 12.1 Å². The van der Waals surface area contributed by atoms with Crippen molar-refractivity contribution in [2.75, 3.05) is 31.1 Å². The van der Waals surface area contributed by atoms with Gasteiger partial charge in [-0.2, -0.15) is 0 Å². The van der Waals surface area contributed by atoms with Gasteiger partial charge >= 0.3 is 0 Å². The van der Waals surface area contributed by atoms with Gasteiger partial charge in [-0.25, -0.2) is 4.39 Å². The quantitative estimate of drug-likeness (QED) is 0.841. The third-order valence-corrected chi connectivity index (χ3v) is 3.20. The maximum atomic E-state index is 13.8. The number of nitrogens with zero attached hydrogens (tertiary/aromatic N) is 1. The van der Waals surface area contributed by atoms with Crippen molar-refractivity contribution < 1.29 is 9.50 Å². The fourth-order valence-corrected chi connectivity index (χ4v) is 2.12. The smallest absolute Gasteiger partial charge is 0.146 e. The van der Waals surface area contributed by atoms with E-state index < -0.39 is 6.10 Å². The molecule has 0 amide bonds. The predicted molar refractivity (Wildman–Crippen MR) is 66.7 cm³/mol. The largest absolute Gasteiger partial charge is 0.388 e. The molecule has 1 fully saturated rings. The molecule has 0 aliphatic carbocycles. The summed E-state index contributed by atoms with van der Waals surface area (Å²) in [5, 5.41) is 13.0. The van der Waals surface area contributed by atoms with Gasteiger partial charge in [-0.05, 0) is 24.1 Å². The number of rotatable bonds is 3. The van der Waals surface area contributed by atoms with Crippen LogP contribution in [0, 0.1) is 5.82 Å². The molecular formula is C13H19FN2O. The van der Waals surface area contributed by atoms with E-state index in [9.17, 15) is 9.50 Å². The van der Waals surface area contributed by atoms with Crippen LogP contribution >= 0.6 is 0 Å². The van der Waals surface area contributed by atoms with Crippen LogP contribution in [0.1, 0.15) is 25.0 Å². The fourth-order valence-electron chi connectivity index (χ4n) is 2.12. The summed E-state index contributed by atoms with van der Waals surface area (Å²) in [5.41, 5.74) is 1.40. The Bertz CT molecular complexity index is 378. The molecule has 0 bridgehead atoms. The van der Waals surface area contributed by atoms with E-state index in [4.69, 9.17) is 0 Å². The van der Waals surface area contributed by atoms with Gasteiger partial charge in [0.1, 0.15) is 5.82 Å². The monoisotopic (exact) mass is 238 g/mol. The van der Waals surface area contributed by atoms with Crippen LogP contribution in [0.3, 0.4) is 0 Å². The molecule has 0 spiro atoms. The molecule has 1 aromatic carbocycles. The highest BCUT2D eigenvalue weighted by Gasteiger charge is 2.16. The minimum absolute atomic E-state index is 0.209. The van der Waals surface area contributed by atoms with Gasteiger partial charge in [0.05, 0.1) is 11.8 Å². The number of anilines is 1. The van der Waals surface area contributed by atoms with E-state index in [1.165, 1.54) is 6.07 Å². The molecule has 3 nitrogen and oxygen atoms in total. The second-order valence-electron chi connectivity index (χ2n) is 4.37. The van der Waals surface area contributed by atoms with Crippen molar-refractivity contribution in [2.24, 2.45) is 0 Å². The summed E-state index contributed by atoms with van der Waals surface area (Å²) in [6.07, 6.45) is 0.143. The topological polar surface area (TPSA) is 35.5 Å². The molecule has 0 aromatic heterocycles. The average molecular weight is 238 g/mol. The van der Waals surface area contributed by atoms with E-state index in [0.29, 0.717) is 12.1 Å². The van der Waals surface area contributed by atoms with Crippen molar-refractivity contribution in [3.05, 3.63) is 29.6 Å². The highest BCUT2D eigenvalue weighted by molar-refractivity contribution is 5.51. The van der Waals surface area contributed by atoms with E-state index in [-0.39, 0.29) is 5.82 Å². The highest BCUT2D eigenvalue weighted by Crippen LogP contribution is 2.25. The van der Waals surface area contributed by atoms with Crippen molar-refractivity contribution in [1.82, 2.24) is 5.32 Å². The third kappa shape index (κ3) is 2.76. The van der Waals surface area contributed by atoms with Gasteiger partial charge in [-0.3, -0.25) is 0 Å². The van der Waals surface area contributed by atoms with Crippen LogP contribution in [-0.4, -0.2) is 31.3 Å². The Morgan fingerprint density at radius 3 is 2.76 bits per heavy atom. The first kappa shape index (κ1) is 12.3. The van der Waals surface area contributed by atoms with Gasteiger partial charge < -0.3 is 15.3 Å². The molecule has 1 atom stereocenters. The van der Waals surface area contributed by atoms with Crippen molar-refractivity contribution in [2.45, 2.75) is 19.4 Å². The second kappa shape index (κ2) is 5.47. The van der Waals surface area contributed by atoms with Gasteiger partial charge in [0, 0.05) is 26.2 Å². The molecule has 1 aliphatic rings. The van der Waals surface area contributed by atoms with E-state index in [2.05, 4.69) is 5.32 Å². The minimum atomic E-state index is -0.503. The van der Waals surface area contributed by atoms with Gasteiger partial charge in [0.25, 0.3) is 0 Å². The summed E-state index contributed by atoms with van der Waals surface area (Å²) in [6.45, 7) is 5.28. The molecule has 1 saturated heterocycles. The molecule has 1 heterocycles. The molecule has 2 rings (SSSR count). The fraction of sp³-hybridized carbons (Fsp3) is 0.538.